The van der Waals surface area contributed by atoms with Gasteiger partial charge in [0, 0.05) is 17.7 Å². The Balaban J connectivity index is 2.81. The highest BCUT2D eigenvalue weighted by molar-refractivity contribution is 5.98. The van der Waals surface area contributed by atoms with Crippen LogP contribution < -0.4 is 5.73 Å². The minimum absolute atomic E-state index is 0.0216. The number of carbonyl (C=O) groups is 2. The van der Waals surface area contributed by atoms with Gasteiger partial charge in [0.25, 0.3) is 0 Å². The molecule has 0 atom stereocenters. The summed E-state index contributed by atoms with van der Waals surface area (Å²) in [7, 11) is 0. The molecule has 0 aliphatic rings. The van der Waals surface area contributed by atoms with Crippen molar-refractivity contribution < 1.29 is 14.7 Å². The standard InChI is InChI=1S/C12H15NO3/c1-12(2,11(15)16)7-10(14)8-3-5-9(13)6-4-8/h3-6H,7,13H2,1-2H3,(H,15,16). The lowest BCUT2D eigenvalue weighted by Crippen LogP contribution is -2.26. The molecule has 1 aromatic rings. The molecular weight excluding hydrogens is 206 g/mol. The van der Waals surface area contributed by atoms with Gasteiger partial charge in [0.2, 0.25) is 0 Å². The van der Waals surface area contributed by atoms with Crippen LogP contribution in [0.2, 0.25) is 0 Å². The third kappa shape index (κ3) is 2.82. The number of carboxylic acid groups (broad SMARTS) is 1. The van der Waals surface area contributed by atoms with Gasteiger partial charge in [0.1, 0.15) is 0 Å². The Morgan fingerprint density at radius 3 is 2.19 bits per heavy atom. The number of rotatable bonds is 4. The van der Waals surface area contributed by atoms with Crippen molar-refractivity contribution in [2.45, 2.75) is 20.3 Å². The van der Waals surface area contributed by atoms with Crippen molar-refractivity contribution in [1.29, 1.82) is 0 Å². The lowest BCUT2D eigenvalue weighted by Gasteiger charge is -2.17. The highest BCUT2D eigenvalue weighted by atomic mass is 16.4. The van der Waals surface area contributed by atoms with Crippen LogP contribution in [0.3, 0.4) is 0 Å². The number of ketones is 1. The summed E-state index contributed by atoms with van der Waals surface area (Å²) >= 11 is 0. The van der Waals surface area contributed by atoms with E-state index in [4.69, 9.17) is 10.8 Å². The highest BCUT2D eigenvalue weighted by Gasteiger charge is 2.30. The van der Waals surface area contributed by atoms with E-state index in [2.05, 4.69) is 0 Å². The summed E-state index contributed by atoms with van der Waals surface area (Å²) in [6.45, 7) is 3.06. The Kier molecular flexibility index (Phi) is 3.32. The van der Waals surface area contributed by atoms with Gasteiger partial charge in [0.05, 0.1) is 5.41 Å². The monoisotopic (exact) mass is 221 g/mol. The fourth-order valence-electron chi connectivity index (χ4n) is 1.25. The predicted molar refractivity (Wildman–Crippen MR) is 61.2 cm³/mol. The van der Waals surface area contributed by atoms with Crippen molar-refractivity contribution in [1.82, 2.24) is 0 Å². The van der Waals surface area contributed by atoms with Crippen molar-refractivity contribution in [3.63, 3.8) is 0 Å². The van der Waals surface area contributed by atoms with Crippen molar-refractivity contribution in [3.05, 3.63) is 29.8 Å². The van der Waals surface area contributed by atoms with Crippen LogP contribution in [0, 0.1) is 5.41 Å². The van der Waals surface area contributed by atoms with Crippen LogP contribution in [0.5, 0.6) is 0 Å². The molecule has 0 radical (unpaired) electrons. The van der Waals surface area contributed by atoms with E-state index in [0.29, 0.717) is 11.3 Å². The topological polar surface area (TPSA) is 80.4 Å². The molecule has 3 N–H and O–H groups in total. The van der Waals surface area contributed by atoms with Crippen LogP contribution >= 0.6 is 0 Å². The van der Waals surface area contributed by atoms with Crippen molar-refractivity contribution in [3.8, 4) is 0 Å². The van der Waals surface area contributed by atoms with E-state index in [1.54, 1.807) is 24.3 Å². The average Bonchev–Trinajstić information content (AvgIpc) is 2.17. The number of carboxylic acids is 1. The number of hydrogen-bond acceptors (Lipinski definition) is 3. The van der Waals surface area contributed by atoms with Gasteiger partial charge in [-0.05, 0) is 38.1 Å². The number of hydrogen-bond donors (Lipinski definition) is 2. The Morgan fingerprint density at radius 2 is 1.75 bits per heavy atom. The van der Waals surface area contributed by atoms with Gasteiger partial charge < -0.3 is 10.8 Å². The maximum Gasteiger partial charge on any atom is 0.309 e. The molecule has 0 heterocycles. The third-order valence-corrected chi connectivity index (χ3v) is 2.41. The summed E-state index contributed by atoms with van der Waals surface area (Å²) in [5.74, 6) is -1.16. The Hall–Kier alpha value is -1.84. The maximum atomic E-state index is 11.8. The molecule has 16 heavy (non-hydrogen) atoms. The van der Waals surface area contributed by atoms with Crippen LogP contribution in [0.15, 0.2) is 24.3 Å². The smallest absolute Gasteiger partial charge is 0.309 e. The molecule has 1 rings (SSSR count). The summed E-state index contributed by atoms with van der Waals surface area (Å²) in [6, 6.07) is 6.47. The first-order chi connectivity index (χ1) is 7.33. The summed E-state index contributed by atoms with van der Waals surface area (Å²) in [6.07, 6.45) is -0.0216. The van der Waals surface area contributed by atoms with Crippen molar-refractivity contribution in [2.75, 3.05) is 5.73 Å². The van der Waals surface area contributed by atoms with Crippen LogP contribution in [-0.4, -0.2) is 16.9 Å². The zero-order chi connectivity index (χ0) is 12.3. The Morgan fingerprint density at radius 1 is 1.25 bits per heavy atom. The van der Waals surface area contributed by atoms with Gasteiger partial charge in [-0.3, -0.25) is 9.59 Å². The lowest BCUT2D eigenvalue weighted by atomic mass is 9.86. The van der Waals surface area contributed by atoms with Crippen LogP contribution in [0.1, 0.15) is 30.6 Å². The predicted octanol–water partition coefficient (Wildman–Crippen LogP) is 1.95. The minimum atomic E-state index is -1.04. The first-order valence-corrected chi connectivity index (χ1v) is 4.95. The van der Waals surface area contributed by atoms with E-state index in [1.165, 1.54) is 13.8 Å². The number of Topliss-reactive ketones (excluding diaryl/α,β-unsaturated/α-hetero) is 1. The maximum absolute atomic E-state index is 11.8. The summed E-state index contributed by atoms with van der Waals surface area (Å²) in [5.41, 5.74) is 5.52. The molecule has 4 heteroatoms. The number of nitrogen functional groups attached to an aromatic ring is 1. The van der Waals surface area contributed by atoms with Gasteiger partial charge in [0.15, 0.2) is 5.78 Å². The molecule has 0 fully saturated rings. The molecular formula is C12H15NO3. The van der Waals surface area contributed by atoms with Gasteiger partial charge in [-0.25, -0.2) is 0 Å². The van der Waals surface area contributed by atoms with Gasteiger partial charge >= 0.3 is 5.97 Å². The van der Waals surface area contributed by atoms with Crippen LogP contribution in [-0.2, 0) is 4.79 Å². The Labute approximate surface area is 94.1 Å². The van der Waals surface area contributed by atoms with Crippen molar-refractivity contribution >= 4 is 17.4 Å². The molecule has 4 nitrogen and oxygen atoms in total. The molecule has 0 spiro atoms. The quantitative estimate of drug-likeness (QED) is 0.601. The minimum Gasteiger partial charge on any atom is -0.481 e. The number of anilines is 1. The van der Waals surface area contributed by atoms with E-state index >= 15 is 0 Å². The molecule has 0 unspecified atom stereocenters. The van der Waals surface area contributed by atoms with Crippen LogP contribution in [0.25, 0.3) is 0 Å². The second-order valence-electron chi connectivity index (χ2n) is 4.41. The largest absolute Gasteiger partial charge is 0.481 e. The first kappa shape index (κ1) is 12.2. The number of carbonyl (C=O) groups excluding carboxylic acids is 1. The average molecular weight is 221 g/mol. The Bertz CT molecular complexity index is 407. The van der Waals surface area contributed by atoms with E-state index in [-0.39, 0.29) is 12.2 Å². The number of nitrogens with two attached hydrogens (primary N) is 1. The molecule has 1 aromatic carbocycles. The van der Waals surface area contributed by atoms with Gasteiger partial charge in [-0.1, -0.05) is 0 Å². The molecule has 0 saturated heterocycles. The second-order valence-corrected chi connectivity index (χ2v) is 4.41. The first-order valence-electron chi connectivity index (χ1n) is 4.95. The highest BCUT2D eigenvalue weighted by Crippen LogP contribution is 2.23. The van der Waals surface area contributed by atoms with Crippen molar-refractivity contribution in [2.24, 2.45) is 5.41 Å². The SMILES string of the molecule is CC(C)(CC(=O)c1ccc(N)cc1)C(=O)O. The second kappa shape index (κ2) is 4.35. The van der Waals surface area contributed by atoms with Crippen LogP contribution in [0.4, 0.5) is 5.69 Å². The van der Waals surface area contributed by atoms with Gasteiger partial charge in [-0.2, -0.15) is 0 Å². The fourth-order valence-corrected chi connectivity index (χ4v) is 1.25. The zero-order valence-corrected chi connectivity index (χ0v) is 9.36. The van der Waals surface area contributed by atoms with E-state index < -0.39 is 11.4 Å². The van der Waals surface area contributed by atoms with E-state index in [9.17, 15) is 9.59 Å². The summed E-state index contributed by atoms with van der Waals surface area (Å²) in [4.78, 5) is 22.6. The van der Waals surface area contributed by atoms with E-state index in [0.717, 1.165) is 0 Å². The molecule has 0 bridgehead atoms. The molecule has 0 aliphatic carbocycles. The summed E-state index contributed by atoms with van der Waals surface area (Å²) in [5, 5.41) is 8.91. The normalized spacial score (nSPS) is 11.1. The van der Waals surface area contributed by atoms with E-state index in [1.807, 2.05) is 0 Å². The molecule has 86 valence electrons. The molecule has 0 saturated carbocycles. The fraction of sp³-hybridized carbons (Fsp3) is 0.333. The third-order valence-electron chi connectivity index (χ3n) is 2.41. The molecule has 0 aromatic heterocycles. The lowest BCUT2D eigenvalue weighted by molar-refractivity contribution is -0.146. The number of aliphatic carboxylic acids is 1. The number of benzene rings is 1. The molecule has 0 amide bonds. The zero-order valence-electron chi connectivity index (χ0n) is 9.36. The van der Waals surface area contributed by atoms with Gasteiger partial charge in [-0.15, -0.1) is 0 Å². The summed E-state index contributed by atoms with van der Waals surface area (Å²) < 4.78 is 0. The molecule has 0 aliphatic heterocycles.